The van der Waals surface area contributed by atoms with Gasteiger partial charge in [-0.1, -0.05) is 42.8 Å². The summed E-state index contributed by atoms with van der Waals surface area (Å²) in [5.74, 6) is -1.19. The molecule has 1 fully saturated rings. The van der Waals surface area contributed by atoms with Crippen LogP contribution < -0.4 is 9.62 Å². The van der Waals surface area contributed by atoms with Gasteiger partial charge in [0.15, 0.2) is 0 Å². The van der Waals surface area contributed by atoms with Crippen LogP contribution in [-0.4, -0.2) is 44.6 Å². The minimum atomic E-state index is -3.86. The number of nitrogens with zero attached hydrogens (tertiary/aromatic N) is 2. The standard InChI is InChI=1S/C23H30FN3O3S/c1-18(27(31(2,29)30)22-12-5-4-11-21(22)24)23(28)25-16-19-9-8-10-20(15-19)17-26-13-6-3-7-14-26/h4-5,8-12,15,18H,3,6-7,13-14,16-17H2,1-2H3,(H,25,28)/t18-/m1/s1. The van der Waals surface area contributed by atoms with Gasteiger partial charge in [0.1, 0.15) is 11.9 Å². The van der Waals surface area contributed by atoms with Crippen LogP contribution in [0.4, 0.5) is 10.1 Å². The Balaban J connectivity index is 1.66. The molecule has 1 aliphatic heterocycles. The third kappa shape index (κ3) is 6.27. The van der Waals surface area contributed by atoms with Gasteiger partial charge < -0.3 is 5.32 Å². The number of benzene rings is 2. The van der Waals surface area contributed by atoms with Crippen molar-refractivity contribution in [2.24, 2.45) is 0 Å². The largest absolute Gasteiger partial charge is 0.350 e. The number of sulfonamides is 1. The predicted molar refractivity (Wildman–Crippen MR) is 121 cm³/mol. The number of carbonyl (C=O) groups excluding carboxylic acids is 1. The van der Waals surface area contributed by atoms with Crippen molar-refractivity contribution in [1.29, 1.82) is 0 Å². The number of anilines is 1. The third-order valence-electron chi connectivity index (χ3n) is 5.49. The second kappa shape index (κ2) is 10.2. The molecule has 1 aliphatic rings. The lowest BCUT2D eigenvalue weighted by atomic mass is 10.1. The first-order chi connectivity index (χ1) is 14.8. The first-order valence-electron chi connectivity index (χ1n) is 10.6. The van der Waals surface area contributed by atoms with Gasteiger partial charge in [-0.3, -0.25) is 14.0 Å². The van der Waals surface area contributed by atoms with Crippen LogP contribution in [0.5, 0.6) is 0 Å². The SMILES string of the molecule is C[C@H](C(=O)NCc1cccc(CN2CCCCC2)c1)N(c1ccccc1F)S(C)(=O)=O. The molecule has 3 rings (SSSR count). The zero-order valence-electron chi connectivity index (χ0n) is 18.1. The van der Waals surface area contributed by atoms with E-state index in [0.29, 0.717) is 0 Å². The highest BCUT2D eigenvalue weighted by Gasteiger charge is 2.30. The van der Waals surface area contributed by atoms with E-state index in [0.717, 1.165) is 35.8 Å². The monoisotopic (exact) mass is 447 g/mol. The van der Waals surface area contributed by atoms with Crippen molar-refractivity contribution in [3.05, 3.63) is 65.5 Å². The van der Waals surface area contributed by atoms with E-state index in [1.54, 1.807) is 0 Å². The molecule has 6 nitrogen and oxygen atoms in total. The number of hydrogen-bond acceptors (Lipinski definition) is 4. The number of carbonyl (C=O) groups is 1. The molecule has 31 heavy (non-hydrogen) atoms. The lowest BCUT2D eigenvalue weighted by Gasteiger charge is -2.28. The molecule has 1 N–H and O–H groups in total. The molecule has 1 heterocycles. The maximum Gasteiger partial charge on any atom is 0.243 e. The Morgan fingerprint density at radius 2 is 1.77 bits per heavy atom. The first kappa shape index (κ1) is 23.2. The van der Waals surface area contributed by atoms with Crippen molar-refractivity contribution in [2.75, 3.05) is 23.7 Å². The summed E-state index contributed by atoms with van der Waals surface area (Å²) in [6.45, 7) is 4.82. The topological polar surface area (TPSA) is 69.7 Å². The quantitative estimate of drug-likeness (QED) is 0.674. The summed E-state index contributed by atoms with van der Waals surface area (Å²) in [6, 6.07) is 12.5. The van der Waals surface area contributed by atoms with E-state index in [9.17, 15) is 17.6 Å². The molecule has 168 valence electrons. The molecular weight excluding hydrogens is 417 g/mol. The molecule has 0 bridgehead atoms. The molecule has 0 radical (unpaired) electrons. The molecule has 0 spiro atoms. The number of para-hydroxylation sites is 1. The number of likely N-dealkylation sites (tertiary alicyclic amines) is 1. The fourth-order valence-electron chi connectivity index (χ4n) is 3.96. The maximum absolute atomic E-state index is 14.2. The predicted octanol–water partition coefficient (Wildman–Crippen LogP) is 3.28. The summed E-state index contributed by atoms with van der Waals surface area (Å²) in [6.07, 6.45) is 4.71. The van der Waals surface area contributed by atoms with Gasteiger partial charge in [0.05, 0.1) is 11.9 Å². The van der Waals surface area contributed by atoms with Gasteiger partial charge in [-0.05, 0) is 56.1 Å². The molecule has 2 aromatic carbocycles. The number of halogens is 1. The van der Waals surface area contributed by atoms with Crippen LogP contribution in [0.25, 0.3) is 0 Å². The van der Waals surface area contributed by atoms with Crippen molar-refractivity contribution in [2.45, 2.75) is 45.3 Å². The van der Waals surface area contributed by atoms with Crippen molar-refractivity contribution < 1.29 is 17.6 Å². The number of amides is 1. The van der Waals surface area contributed by atoms with E-state index in [-0.39, 0.29) is 12.2 Å². The number of piperidine rings is 1. The highest BCUT2D eigenvalue weighted by molar-refractivity contribution is 7.92. The van der Waals surface area contributed by atoms with E-state index in [4.69, 9.17) is 0 Å². The van der Waals surface area contributed by atoms with E-state index in [1.165, 1.54) is 56.0 Å². The van der Waals surface area contributed by atoms with Crippen LogP contribution >= 0.6 is 0 Å². The highest BCUT2D eigenvalue weighted by atomic mass is 32.2. The minimum absolute atomic E-state index is 0.142. The van der Waals surface area contributed by atoms with Crippen LogP contribution in [-0.2, 0) is 27.9 Å². The molecule has 1 amide bonds. The Morgan fingerprint density at radius 3 is 2.45 bits per heavy atom. The number of nitrogens with one attached hydrogen (secondary N) is 1. The van der Waals surface area contributed by atoms with Crippen LogP contribution in [0.2, 0.25) is 0 Å². The summed E-state index contributed by atoms with van der Waals surface area (Å²) >= 11 is 0. The first-order valence-corrected chi connectivity index (χ1v) is 12.4. The van der Waals surface area contributed by atoms with E-state index in [2.05, 4.69) is 22.3 Å². The summed E-state index contributed by atoms with van der Waals surface area (Å²) in [4.78, 5) is 15.2. The molecular formula is C23H30FN3O3S. The summed E-state index contributed by atoms with van der Waals surface area (Å²) in [5, 5.41) is 2.79. The zero-order valence-corrected chi connectivity index (χ0v) is 18.9. The molecule has 1 saturated heterocycles. The fraction of sp³-hybridized carbons (Fsp3) is 0.435. The summed E-state index contributed by atoms with van der Waals surface area (Å²) in [5.41, 5.74) is 1.98. The van der Waals surface area contributed by atoms with Crippen molar-refractivity contribution in [3.8, 4) is 0 Å². The lowest BCUT2D eigenvalue weighted by molar-refractivity contribution is -0.122. The number of hydrogen-bond donors (Lipinski definition) is 1. The lowest BCUT2D eigenvalue weighted by Crippen LogP contribution is -2.48. The Bertz CT molecular complexity index is 1010. The van der Waals surface area contributed by atoms with Gasteiger partial charge in [-0.25, -0.2) is 12.8 Å². The Morgan fingerprint density at radius 1 is 1.10 bits per heavy atom. The van der Waals surface area contributed by atoms with Crippen molar-refractivity contribution in [3.63, 3.8) is 0 Å². The van der Waals surface area contributed by atoms with Crippen LogP contribution in [0, 0.1) is 5.82 Å². The van der Waals surface area contributed by atoms with Gasteiger partial charge in [0.2, 0.25) is 15.9 Å². The van der Waals surface area contributed by atoms with Crippen molar-refractivity contribution >= 4 is 21.6 Å². The van der Waals surface area contributed by atoms with Crippen molar-refractivity contribution in [1.82, 2.24) is 10.2 Å². The van der Waals surface area contributed by atoms with Crippen LogP contribution in [0.1, 0.15) is 37.3 Å². The minimum Gasteiger partial charge on any atom is -0.350 e. The fourth-order valence-corrected chi connectivity index (χ4v) is 5.14. The van der Waals surface area contributed by atoms with Gasteiger partial charge in [-0.15, -0.1) is 0 Å². The summed E-state index contributed by atoms with van der Waals surface area (Å²) < 4.78 is 39.7. The molecule has 8 heteroatoms. The smallest absolute Gasteiger partial charge is 0.243 e. The Labute approximate surface area is 184 Å². The second-order valence-electron chi connectivity index (χ2n) is 8.06. The highest BCUT2D eigenvalue weighted by Crippen LogP contribution is 2.24. The van der Waals surface area contributed by atoms with E-state index in [1.807, 2.05) is 12.1 Å². The number of rotatable bonds is 8. The zero-order chi connectivity index (χ0) is 22.4. The van der Waals surface area contributed by atoms with Crippen LogP contribution in [0.15, 0.2) is 48.5 Å². The van der Waals surface area contributed by atoms with E-state index >= 15 is 0 Å². The molecule has 0 saturated carbocycles. The van der Waals surface area contributed by atoms with Gasteiger partial charge in [0, 0.05) is 13.1 Å². The van der Waals surface area contributed by atoms with Gasteiger partial charge in [0.25, 0.3) is 0 Å². The average molecular weight is 448 g/mol. The normalized spacial score (nSPS) is 16.0. The molecule has 0 aromatic heterocycles. The van der Waals surface area contributed by atoms with E-state index < -0.39 is 27.8 Å². The Kier molecular flexibility index (Phi) is 7.67. The molecule has 0 aliphatic carbocycles. The Hall–Kier alpha value is -2.45. The summed E-state index contributed by atoms with van der Waals surface area (Å²) in [7, 11) is -3.86. The maximum atomic E-state index is 14.2. The molecule has 1 atom stereocenters. The van der Waals surface area contributed by atoms with Gasteiger partial charge in [-0.2, -0.15) is 0 Å². The van der Waals surface area contributed by atoms with Gasteiger partial charge >= 0.3 is 0 Å². The average Bonchev–Trinajstić information content (AvgIpc) is 2.73. The molecule has 0 unspecified atom stereocenters. The third-order valence-corrected chi connectivity index (χ3v) is 6.72. The van der Waals surface area contributed by atoms with Crippen LogP contribution in [0.3, 0.4) is 0 Å². The second-order valence-corrected chi connectivity index (χ2v) is 9.92. The molecule has 2 aromatic rings.